The van der Waals surface area contributed by atoms with Gasteiger partial charge in [-0.1, -0.05) is 0 Å². The van der Waals surface area contributed by atoms with Crippen molar-refractivity contribution in [1.82, 2.24) is 19.9 Å². The van der Waals surface area contributed by atoms with Crippen LogP contribution in [0.25, 0.3) is 22.4 Å². The summed E-state index contributed by atoms with van der Waals surface area (Å²) in [5.41, 5.74) is -0.0423. The van der Waals surface area contributed by atoms with Gasteiger partial charge in [-0.3, -0.25) is 0 Å². The average molecular weight is 323 g/mol. The van der Waals surface area contributed by atoms with E-state index in [0.29, 0.717) is 17.5 Å². The third-order valence-electron chi connectivity index (χ3n) is 3.34. The van der Waals surface area contributed by atoms with Crippen LogP contribution in [0.1, 0.15) is 18.3 Å². The lowest BCUT2D eigenvalue weighted by atomic mass is 10.1. The Balaban J connectivity index is 2.29. The van der Waals surface area contributed by atoms with E-state index in [9.17, 15) is 17.6 Å². The molecule has 0 radical (unpaired) electrons. The highest BCUT2D eigenvalue weighted by Gasteiger charge is 2.31. The number of hydrogen-bond donors (Lipinski definition) is 0. The molecule has 0 aliphatic rings. The summed E-state index contributed by atoms with van der Waals surface area (Å²) in [6.45, 7) is 3.42. The minimum absolute atomic E-state index is 0.00433. The maximum atomic E-state index is 14.4. The summed E-state index contributed by atoms with van der Waals surface area (Å²) in [7, 11) is 0. The van der Waals surface area contributed by atoms with E-state index in [1.165, 1.54) is 0 Å². The minimum Gasteiger partial charge on any atom is -0.246 e. The monoisotopic (exact) mass is 323 g/mol. The molecule has 2 heterocycles. The molecule has 2 aromatic heterocycles. The van der Waals surface area contributed by atoms with E-state index in [-0.39, 0.29) is 22.4 Å². The normalized spacial score (nSPS) is 12.5. The Labute approximate surface area is 129 Å². The molecular weight excluding hydrogens is 312 g/mol. The molecule has 0 N–H and O–H groups in total. The molecular formula is C15H10F4N4. The first kappa shape index (κ1) is 14.0. The van der Waals surface area contributed by atoms with Crippen molar-refractivity contribution in [1.29, 1.82) is 0 Å². The van der Waals surface area contributed by atoms with E-state index in [1.54, 1.807) is 13.8 Å². The second kappa shape index (κ2) is 5.22. The number of hydrogen-bond acceptors (Lipinski definition) is 4. The Morgan fingerprint density at radius 3 is 2.43 bits per heavy atom. The lowest BCUT2D eigenvalue weighted by Gasteiger charge is -2.10. The standard InChI is InChI=1S/C15H10F4N4/c1-7-8(2)23-14-13(22-7)12(20-6-21-14)10-4-3-9(5-11(10)16)15(17,18)19/h3-6H,1-2H3/i5D. The van der Waals surface area contributed by atoms with Gasteiger partial charge in [0, 0.05) is 5.56 Å². The maximum absolute atomic E-state index is 14.4. The molecule has 23 heavy (non-hydrogen) atoms. The fourth-order valence-corrected chi connectivity index (χ4v) is 2.06. The van der Waals surface area contributed by atoms with E-state index in [4.69, 9.17) is 1.37 Å². The zero-order chi connectivity index (χ0) is 17.6. The first-order chi connectivity index (χ1) is 11.2. The molecule has 0 atom stereocenters. The summed E-state index contributed by atoms with van der Waals surface area (Å²) in [5.74, 6) is -1.31. The van der Waals surface area contributed by atoms with Crippen LogP contribution in [0.4, 0.5) is 17.6 Å². The Bertz CT molecular complexity index is 956. The largest absolute Gasteiger partial charge is 0.416 e. The number of aryl methyl sites for hydroxylation is 2. The number of alkyl halides is 3. The van der Waals surface area contributed by atoms with Crippen LogP contribution in [-0.4, -0.2) is 19.9 Å². The van der Waals surface area contributed by atoms with Gasteiger partial charge in [0.25, 0.3) is 0 Å². The van der Waals surface area contributed by atoms with Gasteiger partial charge in [-0.2, -0.15) is 13.2 Å². The quantitative estimate of drug-likeness (QED) is 0.638. The van der Waals surface area contributed by atoms with Crippen molar-refractivity contribution in [2.75, 3.05) is 0 Å². The van der Waals surface area contributed by atoms with Gasteiger partial charge in [-0.25, -0.2) is 24.3 Å². The highest BCUT2D eigenvalue weighted by Crippen LogP contribution is 2.33. The predicted octanol–water partition coefficient (Wildman–Crippen LogP) is 3.86. The third kappa shape index (κ3) is 2.71. The Hall–Kier alpha value is -2.64. The van der Waals surface area contributed by atoms with E-state index < -0.39 is 23.6 Å². The lowest BCUT2D eigenvalue weighted by molar-refractivity contribution is -0.137. The maximum Gasteiger partial charge on any atom is 0.416 e. The Morgan fingerprint density at radius 2 is 1.74 bits per heavy atom. The fourth-order valence-electron chi connectivity index (χ4n) is 2.06. The van der Waals surface area contributed by atoms with Gasteiger partial charge in [0.2, 0.25) is 0 Å². The minimum atomic E-state index is -4.81. The zero-order valence-electron chi connectivity index (χ0n) is 13.0. The second-order valence-electron chi connectivity index (χ2n) is 4.89. The molecule has 0 bridgehead atoms. The average Bonchev–Trinajstić information content (AvgIpc) is 2.49. The fraction of sp³-hybridized carbons (Fsp3) is 0.200. The summed E-state index contributed by atoms with van der Waals surface area (Å²) in [4.78, 5) is 16.3. The Kier molecular flexibility index (Phi) is 3.17. The number of aromatic nitrogens is 4. The van der Waals surface area contributed by atoms with Gasteiger partial charge in [-0.05, 0) is 32.0 Å². The Morgan fingerprint density at radius 1 is 1.04 bits per heavy atom. The van der Waals surface area contributed by atoms with Crippen LogP contribution in [0, 0.1) is 19.7 Å². The van der Waals surface area contributed by atoms with Gasteiger partial charge in [0.15, 0.2) is 5.65 Å². The molecule has 8 heteroatoms. The highest BCUT2D eigenvalue weighted by atomic mass is 19.4. The van der Waals surface area contributed by atoms with Gasteiger partial charge >= 0.3 is 6.18 Å². The molecule has 0 amide bonds. The number of fused-ring (bicyclic) bond motifs is 1. The van der Waals surface area contributed by atoms with Crippen LogP contribution in [-0.2, 0) is 6.18 Å². The second-order valence-corrected chi connectivity index (χ2v) is 4.89. The van der Waals surface area contributed by atoms with E-state index in [1.807, 2.05) is 0 Å². The van der Waals surface area contributed by atoms with E-state index in [2.05, 4.69) is 19.9 Å². The summed E-state index contributed by atoms with van der Waals surface area (Å²) in [6, 6.07) is 0.362. The molecule has 0 fully saturated rings. The first-order valence-corrected chi connectivity index (χ1v) is 6.52. The van der Waals surface area contributed by atoms with Crippen molar-refractivity contribution in [2.45, 2.75) is 20.0 Å². The molecule has 3 rings (SSSR count). The van der Waals surface area contributed by atoms with Crippen LogP contribution in [0.5, 0.6) is 0 Å². The first-order valence-electron chi connectivity index (χ1n) is 7.02. The van der Waals surface area contributed by atoms with Gasteiger partial charge < -0.3 is 0 Å². The number of halogens is 4. The molecule has 0 unspecified atom stereocenters. The van der Waals surface area contributed by atoms with Crippen molar-refractivity contribution < 1.29 is 18.9 Å². The van der Waals surface area contributed by atoms with Crippen LogP contribution in [0.3, 0.4) is 0 Å². The van der Waals surface area contributed by atoms with Crippen LogP contribution in [0.2, 0.25) is 0 Å². The van der Waals surface area contributed by atoms with Crippen molar-refractivity contribution >= 4 is 11.2 Å². The molecule has 3 aromatic rings. The number of nitrogens with zero attached hydrogens (tertiary/aromatic N) is 4. The smallest absolute Gasteiger partial charge is 0.246 e. The van der Waals surface area contributed by atoms with Crippen LogP contribution in [0.15, 0.2) is 24.5 Å². The molecule has 0 aliphatic heterocycles. The number of rotatable bonds is 1. The van der Waals surface area contributed by atoms with E-state index >= 15 is 0 Å². The SMILES string of the molecule is [2H]c1c(C(F)(F)F)ccc(-c2ncnc3nc(C)c(C)nc23)c1F. The summed E-state index contributed by atoms with van der Waals surface area (Å²) in [6.07, 6.45) is -3.68. The molecule has 0 saturated carbocycles. The molecule has 118 valence electrons. The zero-order valence-corrected chi connectivity index (χ0v) is 12.0. The molecule has 1 aromatic carbocycles. The lowest BCUT2D eigenvalue weighted by Crippen LogP contribution is -2.06. The van der Waals surface area contributed by atoms with Crippen molar-refractivity contribution in [3.8, 4) is 11.3 Å². The van der Waals surface area contributed by atoms with Crippen LogP contribution >= 0.6 is 0 Å². The van der Waals surface area contributed by atoms with Crippen LogP contribution < -0.4 is 0 Å². The topological polar surface area (TPSA) is 51.6 Å². The molecule has 0 saturated heterocycles. The van der Waals surface area contributed by atoms with Gasteiger partial charge in [0.05, 0.1) is 18.3 Å². The van der Waals surface area contributed by atoms with Gasteiger partial charge in [0.1, 0.15) is 23.4 Å². The molecule has 0 spiro atoms. The van der Waals surface area contributed by atoms with Crippen molar-refractivity contribution in [3.05, 3.63) is 47.3 Å². The molecule has 4 nitrogen and oxygen atoms in total. The van der Waals surface area contributed by atoms with Crippen molar-refractivity contribution in [2.24, 2.45) is 0 Å². The van der Waals surface area contributed by atoms with Gasteiger partial charge in [-0.15, -0.1) is 0 Å². The predicted molar refractivity (Wildman–Crippen MR) is 75.0 cm³/mol. The number of benzene rings is 1. The van der Waals surface area contributed by atoms with E-state index in [0.717, 1.165) is 12.4 Å². The summed E-state index contributed by atoms with van der Waals surface area (Å²) >= 11 is 0. The summed E-state index contributed by atoms with van der Waals surface area (Å²) < 4.78 is 60.2. The highest BCUT2D eigenvalue weighted by molar-refractivity contribution is 5.86. The molecule has 0 aliphatic carbocycles. The summed E-state index contributed by atoms with van der Waals surface area (Å²) in [5, 5.41) is 0. The third-order valence-corrected chi connectivity index (χ3v) is 3.34. The van der Waals surface area contributed by atoms with Crippen molar-refractivity contribution in [3.63, 3.8) is 0 Å².